The fourth-order valence-electron chi connectivity index (χ4n) is 6.80. The average Bonchev–Trinajstić information content (AvgIpc) is 3.98. The van der Waals surface area contributed by atoms with E-state index in [4.69, 9.17) is 28.4 Å². The maximum Gasteiger partial charge on any atom is 0.472 e. The van der Waals surface area contributed by atoms with E-state index in [-0.39, 0.29) is 19.4 Å². The van der Waals surface area contributed by atoms with Crippen LogP contribution >= 0.6 is 7.82 Å². The number of carbonyl (C=O) groups excluding carboxylic acids is 2. The van der Waals surface area contributed by atoms with Crippen molar-refractivity contribution in [1.82, 2.24) is 0 Å². The molecular formula is C48H87O11P. The monoisotopic (exact) mass is 871 g/mol. The van der Waals surface area contributed by atoms with Crippen molar-refractivity contribution in [2.75, 3.05) is 26.4 Å². The maximum absolute atomic E-state index is 12.6. The van der Waals surface area contributed by atoms with Gasteiger partial charge in [0.25, 0.3) is 0 Å². The van der Waals surface area contributed by atoms with E-state index in [2.05, 4.69) is 51.2 Å². The highest BCUT2D eigenvalue weighted by Gasteiger charge is 2.36. The molecule has 0 aliphatic carbocycles. The zero-order chi connectivity index (χ0) is 43.9. The molecule has 1 saturated heterocycles. The first kappa shape index (κ1) is 56.2. The van der Waals surface area contributed by atoms with Crippen LogP contribution in [-0.4, -0.2) is 77.9 Å². The zero-order valence-electron chi connectivity index (χ0n) is 38.0. The van der Waals surface area contributed by atoms with Gasteiger partial charge < -0.3 is 29.3 Å². The quantitative estimate of drug-likeness (QED) is 0.0176. The minimum Gasteiger partial charge on any atom is -0.462 e. The van der Waals surface area contributed by atoms with E-state index >= 15 is 0 Å². The minimum absolute atomic E-state index is 0.104. The number of esters is 2. The molecule has 0 aromatic carbocycles. The van der Waals surface area contributed by atoms with Gasteiger partial charge in [-0.1, -0.05) is 173 Å². The molecule has 0 radical (unpaired) electrons. The second-order valence-electron chi connectivity index (χ2n) is 17.0. The predicted molar refractivity (Wildman–Crippen MR) is 242 cm³/mol. The number of aliphatic hydroxyl groups excluding tert-OH is 2. The molecule has 350 valence electrons. The molecular weight excluding hydrogens is 783 g/mol. The fourth-order valence-corrected chi connectivity index (χ4v) is 7.59. The molecule has 0 bridgehead atoms. The van der Waals surface area contributed by atoms with Crippen molar-refractivity contribution in [1.29, 1.82) is 0 Å². The van der Waals surface area contributed by atoms with E-state index in [0.717, 1.165) is 50.9 Å². The summed E-state index contributed by atoms with van der Waals surface area (Å²) in [7, 11) is -4.64. The molecule has 3 N–H and O–H groups in total. The Kier molecular flexibility index (Phi) is 36.3. The summed E-state index contributed by atoms with van der Waals surface area (Å²) in [6, 6.07) is 0. The topological polar surface area (TPSA) is 161 Å². The smallest absolute Gasteiger partial charge is 0.462 e. The van der Waals surface area contributed by atoms with E-state index in [0.29, 0.717) is 31.5 Å². The second kappa shape index (κ2) is 38.8. The number of unbranched alkanes of at least 4 members (excludes halogenated alkanes) is 19. The van der Waals surface area contributed by atoms with Crippen molar-refractivity contribution in [2.24, 2.45) is 5.92 Å². The van der Waals surface area contributed by atoms with E-state index in [1.54, 1.807) is 0 Å². The summed E-state index contributed by atoms with van der Waals surface area (Å²) in [6.45, 7) is 4.65. The molecule has 1 fully saturated rings. The number of aliphatic hydroxyl groups is 2. The molecule has 12 heteroatoms. The van der Waals surface area contributed by atoms with Crippen LogP contribution in [0.25, 0.3) is 0 Å². The number of epoxide rings is 1. The molecule has 0 amide bonds. The van der Waals surface area contributed by atoms with Gasteiger partial charge in [-0.3, -0.25) is 18.6 Å². The summed E-state index contributed by atoms with van der Waals surface area (Å²) >= 11 is 0. The number of phosphoric ester groups is 1. The van der Waals surface area contributed by atoms with Crippen LogP contribution in [0.5, 0.6) is 0 Å². The highest BCUT2D eigenvalue weighted by atomic mass is 31.2. The van der Waals surface area contributed by atoms with Gasteiger partial charge in [0.1, 0.15) is 12.7 Å². The molecule has 60 heavy (non-hydrogen) atoms. The number of hydrogen-bond acceptors (Lipinski definition) is 10. The van der Waals surface area contributed by atoms with E-state index in [1.807, 2.05) is 6.08 Å². The molecule has 11 nitrogen and oxygen atoms in total. The van der Waals surface area contributed by atoms with Gasteiger partial charge >= 0.3 is 19.8 Å². The summed E-state index contributed by atoms with van der Waals surface area (Å²) in [6.07, 6.45) is 41.5. The standard InChI is InChI=1S/C48H87O11P/c1-4-5-6-7-24-29-34-45-46(59-45)35-30-25-20-18-22-27-32-37-48(52)58-44(41-57-60(53,54)56-39-43(50)38-49)40-55-47(51)36-31-26-21-17-15-13-11-9-8-10-12-14-16-19-23-28-33-42(2)3/h18,22,24-25,29-30,42-46,49-50H,4-17,19-21,23,26-28,31-41H2,1-3H3,(H,53,54)/b22-18-,29-24-,30-25-/t43-,44+,45?,46?/m0/s1. The summed E-state index contributed by atoms with van der Waals surface area (Å²) < 4.78 is 38.5. The number of phosphoric acid groups is 1. The molecule has 1 heterocycles. The molecule has 0 saturated carbocycles. The highest BCUT2D eigenvalue weighted by molar-refractivity contribution is 7.47. The lowest BCUT2D eigenvalue weighted by Crippen LogP contribution is -2.29. The SMILES string of the molecule is CCCCC/C=C\CC1OC1C/C=C\C/C=C\CCCC(=O)O[C@H](COC(=O)CCCCCCCCCCCCCCCCCCC(C)C)COP(=O)(O)OC[C@@H](O)CO. The first-order valence-corrected chi connectivity index (χ1v) is 25.4. The maximum atomic E-state index is 12.6. The van der Waals surface area contributed by atoms with Crippen LogP contribution in [-0.2, 0) is 37.4 Å². The Bertz CT molecular complexity index is 1170. The molecule has 1 rings (SSSR count). The minimum atomic E-state index is -4.64. The molecule has 1 aliphatic heterocycles. The zero-order valence-corrected chi connectivity index (χ0v) is 38.9. The molecule has 1 aliphatic rings. The Labute approximate surface area is 365 Å². The van der Waals surface area contributed by atoms with Crippen LogP contribution in [0.4, 0.5) is 0 Å². The highest BCUT2D eigenvalue weighted by Crippen LogP contribution is 2.43. The van der Waals surface area contributed by atoms with Crippen LogP contribution < -0.4 is 0 Å². The van der Waals surface area contributed by atoms with Gasteiger partial charge in [0.05, 0.1) is 32.0 Å². The molecule has 3 unspecified atom stereocenters. The summed E-state index contributed by atoms with van der Waals surface area (Å²) in [5.41, 5.74) is 0. The van der Waals surface area contributed by atoms with Gasteiger partial charge in [-0.2, -0.15) is 0 Å². The van der Waals surface area contributed by atoms with Gasteiger partial charge in [-0.25, -0.2) is 4.57 Å². The Morgan fingerprint density at radius 1 is 0.633 bits per heavy atom. The third-order valence-corrected chi connectivity index (χ3v) is 11.6. The lowest BCUT2D eigenvalue weighted by Gasteiger charge is -2.20. The number of ether oxygens (including phenoxy) is 3. The van der Waals surface area contributed by atoms with Gasteiger partial charge in [0.2, 0.25) is 0 Å². The molecule has 0 spiro atoms. The largest absolute Gasteiger partial charge is 0.472 e. The Balaban J connectivity index is 2.23. The Hall–Kier alpha value is -1.85. The molecule has 5 atom stereocenters. The van der Waals surface area contributed by atoms with E-state index in [1.165, 1.54) is 103 Å². The van der Waals surface area contributed by atoms with Crippen LogP contribution in [0.15, 0.2) is 36.5 Å². The van der Waals surface area contributed by atoms with Crippen LogP contribution in [0.2, 0.25) is 0 Å². The Morgan fingerprint density at radius 3 is 1.72 bits per heavy atom. The van der Waals surface area contributed by atoms with E-state index in [9.17, 15) is 24.2 Å². The van der Waals surface area contributed by atoms with Crippen molar-refractivity contribution in [3.05, 3.63) is 36.5 Å². The van der Waals surface area contributed by atoms with Gasteiger partial charge in [0, 0.05) is 12.8 Å². The van der Waals surface area contributed by atoms with E-state index < -0.39 is 51.8 Å². The first-order chi connectivity index (χ1) is 29.1. The van der Waals surface area contributed by atoms with Gasteiger partial charge in [0.15, 0.2) is 6.10 Å². The molecule has 0 aromatic heterocycles. The number of hydrogen-bond donors (Lipinski definition) is 3. The Morgan fingerprint density at radius 2 is 1.13 bits per heavy atom. The van der Waals surface area contributed by atoms with Crippen molar-refractivity contribution >= 4 is 19.8 Å². The first-order valence-electron chi connectivity index (χ1n) is 23.9. The van der Waals surface area contributed by atoms with Crippen molar-refractivity contribution in [2.45, 2.75) is 225 Å². The summed E-state index contributed by atoms with van der Waals surface area (Å²) in [5.74, 6) is -0.158. The van der Waals surface area contributed by atoms with Crippen molar-refractivity contribution in [3.63, 3.8) is 0 Å². The van der Waals surface area contributed by atoms with Gasteiger partial charge in [-0.15, -0.1) is 0 Å². The number of carbonyl (C=O) groups is 2. The molecule has 0 aromatic rings. The lowest BCUT2D eigenvalue weighted by atomic mass is 10.0. The van der Waals surface area contributed by atoms with Crippen molar-refractivity contribution < 1.29 is 52.5 Å². The van der Waals surface area contributed by atoms with Gasteiger partial charge in [-0.05, 0) is 57.3 Å². The normalized spacial score (nSPS) is 17.5. The fraction of sp³-hybridized carbons (Fsp3) is 0.833. The predicted octanol–water partition coefficient (Wildman–Crippen LogP) is 12.0. The van der Waals surface area contributed by atoms with Crippen LogP contribution in [0.3, 0.4) is 0 Å². The lowest BCUT2D eigenvalue weighted by molar-refractivity contribution is -0.161. The number of rotatable bonds is 43. The average molecular weight is 871 g/mol. The third kappa shape index (κ3) is 36.8. The summed E-state index contributed by atoms with van der Waals surface area (Å²) in [5, 5.41) is 18.4. The second-order valence-corrected chi connectivity index (χ2v) is 18.5. The van der Waals surface area contributed by atoms with Crippen molar-refractivity contribution in [3.8, 4) is 0 Å². The van der Waals surface area contributed by atoms with Crippen LogP contribution in [0, 0.1) is 5.92 Å². The number of allylic oxidation sites excluding steroid dienone is 4. The third-order valence-electron chi connectivity index (χ3n) is 10.6. The van der Waals surface area contributed by atoms with Crippen LogP contribution in [0.1, 0.15) is 201 Å². The summed E-state index contributed by atoms with van der Waals surface area (Å²) in [4.78, 5) is 35.1.